The SMILES string of the molecule is CCOC(=O)C1CCCN(c2ccc(C)c(C)c2)C1. The monoisotopic (exact) mass is 261 g/mol. The summed E-state index contributed by atoms with van der Waals surface area (Å²) >= 11 is 0. The Labute approximate surface area is 115 Å². The number of rotatable bonds is 3. The molecular formula is C16H23NO2. The van der Waals surface area contributed by atoms with Crippen LogP contribution < -0.4 is 4.90 Å². The van der Waals surface area contributed by atoms with Gasteiger partial charge in [-0.2, -0.15) is 0 Å². The first-order valence-electron chi connectivity index (χ1n) is 7.10. The van der Waals surface area contributed by atoms with E-state index in [0.717, 1.165) is 25.9 Å². The van der Waals surface area contributed by atoms with Gasteiger partial charge in [0.1, 0.15) is 0 Å². The van der Waals surface area contributed by atoms with Crippen LogP contribution in [-0.2, 0) is 9.53 Å². The van der Waals surface area contributed by atoms with Crippen LogP contribution in [0.15, 0.2) is 18.2 Å². The average Bonchev–Trinajstić information content (AvgIpc) is 2.42. The molecule has 0 amide bonds. The number of hydrogen-bond donors (Lipinski definition) is 0. The lowest BCUT2D eigenvalue weighted by molar-refractivity contribution is -0.148. The lowest BCUT2D eigenvalue weighted by Crippen LogP contribution is -2.39. The van der Waals surface area contributed by atoms with Gasteiger partial charge in [-0.05, 0) is 56.9 Å². The van der Waals surface area contributed by atoms with Crippen molar-refractivity contribution in [3.63, 3.8) is 0 Å². The highest BCUT2D eigenvalue weighted by molar-refractivity contribution is 5.73. The number of carbonyl (C=O) groups is 1. The van der Waals surface area contributed by atoms with Crippen LogP contribution >= 0.6 is 0 Å². The second kappa shape index (κ2) is 6.09. The molecule has 104 valence electrons. The first-order valence-corrected chi connectivity index (χ1v) is 7.10. The summed E-state index contributed by atoms with van der Waals surface area (Å²) in [7, 11) is 0. The Kier molecular flexibility index (Phi) is 4.46. The molecule has 0 N–H and O–H groups in total. The standard InChI is InChI=1S/C16H23NO2/c1-4-19-16(18)14-6-5-9-17(11-14)15-8-7-12(2)13(3)10-15/h7-8,10,14H,4-6,9,11H2,1-3H3. The van der Waals surface area contributed by atoms with Gasteiger partial charge >= 0.3 is 5.97 Å². The largest absolute Gasteiger partial charge is 0.466 e. The van der Waals surface area contributed by atoms with Crippen molar-refractivity contribution in [3.05, 3.63) is 29.3 Å². The number of nitrogens with zero attached hydrogens (tertiary/aromatic N) is 1. The van der Waals surface area contributed by atoms with E-state index in [9.17, 15) is 4.79 Å². The smallest absolute Gasteiger partial charge is 0.310 e. The summed E-state index contributed by atoms with van der Waals surface area (Å²) in [5.74, 6) is -0.0219. The summed E-state index contributed by atoms with van der Waals surface area (Å²) in [4.78, 5) is 14.2. The van der Waals surface area contributed by atoms with Crippen LogP contribution in [0, 0.1) is 19.8 Å². The molecule has 3 heteroatoms. The minimum absolute atomic E-state index is 0.0234. The predicted molar refractivity (Wildman–Crippen MR) is 77.5 cm³/mol. The van der Waals surface area contributed by atoms with E-state index in [2.05, 4.69) is 36.9 Å². The Bertz CT molecular complexity index is 456. The zero-order valence-corrected chi connectivity index (χ0v) is 12.1. The fraction of sp³-hybridized carbons (Fsp3) is 0.562. The normalized spacial score (nSPS) is 19.3. The summed E-state index contributed by atoms with van der Waals surface area (Å²) < 4.78 is 5.14. The van der Waals surface area contributed by atoms with Crippen molar-refractivity contribution in [2.45, 2.75) is 33.6 Å². The van der Waals surface area contributed by atoms with Crippen molar-refractivity contribution in [2.75, 3.05) is 24.6 Å². The number of carbonyl (C=O) groups excluding carboxylic acids is 1. The van der Waals surface area contributed by atoms with E-state index in [0.29, 0.717) is 6.61 Å². The zero-order chi connectivity index (χ0) is 13.8. The lowest BCUT2D eigenvalue weighted by Gasteiger charge is -2.33. The minimum atomic E-state index is -0.0453. The molecule has 1 saturated heterocycles. The minimum Gasteiger partial charge on any atom is -0.466 e. The number of ether oxygens (including phenoxy) is 1. The van der Waals surface area contributed by atoms with Gasteiger partial charge in [0.15, 0.2) is 0 Å². The fourth-order valence-corrected chi connectivity index (χ4v) is 2.59. The third-order valence-corrected chi connectivity index (χ3v) is 3.90. The van der Waals surface area contributed by atoms with E-state index in [1.54, 1.807) is 0 Å². The number of esters is 1. The molecule has 1 heterocycles. The number of aryl methyl sites for hydroxylation is 2. The van der Waals surface area contributed by atoms with Crippen molar-refractivity contribution in [1.29, 1.82) is 0 Å². The lowest BCUT2D eigenvalue weighted by atomic mass is 9.97. The number of anilines is 1. The Morgan fingerprint density at radius 2 is 2.16 bits per heavy atom. The molecule has 2 rings (SSSR count). The van der Waals surface area contributed by atoms with Crippen molar-refractivity contribution < 1.29 is 9.53 Å². The molecule has 0 aromatic heterocycles. The van der Waals surface area contributed by atoms with E-state index in [4.69, 9.17) is 4.74 Å². The van der Waals surface area contributed by atoms with E-state index in [1.807, 2.05) is 6.92 Å². The number of hydrogen-bond acceptors (Lipinski definition) is 3. The molecule has 0 bridgehead atoms. The summed E-state index contributed by atoms with van der Waals surface area (Å²) in [6.07, 6.45) is 2.00. The van der Waals surface area contributed by atoms with Gasteiger partial charge in [-0.15, -0.1) is 0 Å². The molecule has 0 aliphatic carbocycles. The Balaban J connectivity index is 2.08. The van der Waals surface area contributed by atoms with Crippen LogP contribution in [0.5, 0.6) is 0 Å². The van der Waals surface area contributed by atoms with E-state index in [-0.39, 0.29) is 11.9 Å². The molecule has 1 aliphatic rings. The molecule has 1 aromatic carbocycles. The molecule has 1 fully saturated rings. The van der Waals surface area contributed by atoms with E-state index >= 15 is 0 Å². The van der Waals surface area contributed by atoms with Gasteiger partial charge in [-0.3, -0.25) is 4.79 Å². The molecule has 19 heavy (non-hydrogen) atoms. The third-order valence-electron chi connectivity index (χ3n) is 3.90. The van der Waals surface area contributed by atoms with Gasteiger partial charge in [-0.1, -0.05) is 6.07 Å². The first kappa shape index (κ1) is 13.9. The molecular weight excluding hydrogens is 238 g/mol. The topological polar surface area (TPSA) is 29.5 Å². The predicted octanol–water partition coefficient (Wildman–Crippen LogP) is 3.08. The quantitative estimate of drug-likeness (QED) is 0.783. The Hall–Kier alpha value is -1.51. The zero-order valence-electron chi connectivity index (χ0n) is 12.1. The summed E-state index contributed by atoms with van der Waals surface area (Å²) in [5.41, 5.74) is 3.83. The van der Waals surface area contributed by atoms with Crippen molar-refractivity contribution in [1.82, 2.24) is 0 Å². The highest BCUT2D eigenvalue weighted by Crippen LogP contribution is 2.25. The molecule has 3 nitrogen and oxygen atoms in total. The number of benzene rings is 1. The van der Waals surface area contributed by atoms with E-state index in [1.165, 1.54) is 16.8 Å². The third kappa shape index (κ3) is 3.28. The first-order chi connectivity index (χ1) is 9.11. The molecule has 1 unspecified atom stereocenters. The van der Waals surface area contributed by atoms with Gasteiger partial charge < -0.3 is 9.64 Å². The average molecular weight is 261 g/mol. The van der Waals surface area contributed by atoms with Gasteiger partial charge in [0.05, 0.1) is 12.5 Å². The van der Waals surface area contributed by atoms with Gasteiger partial charge in [-0.25, -0.2) is 0 Å². The Morgan fingerprint density at radius 1 is 1.37 bits per heavy atom. The van der Waals surface area contributed by atoms with Crippen LogP contribution in [0.3, 0.4) is 0 Å². The highest BCUT2D eigenvalue weighted by atomic mass is 16.5. The maximum absolute atomic E-state index is 11.8. The van der Waals surface area contributed by atoms with Gasteiger partial charge in [0.2, 0.25) is 0 Å². The molecule has 0 radical (unpaired) electrons. The molecule has 0 saturated carbocycles. The van der Waals surface area contributed by atoms with Gasteiger partial charge in [0, 0.05) is 18.8 Å². The maximum Gasteiger partial charge on any atom is 0.310 e. The summed E-state index contributed by atoms with van der Waals surface area (Å²) in [5, 5.41) is 0. The second-order valence-corrected chi connectivity index (χ2v) is 5.31. The van der Waals surface area contributed by atoms with Crippen LogP contribution in [0.2, 0.25) is 0 Å². The Morgan fingerprint density at radius 3 is 2.84 bits per heavy atom. The van der Waals surface area contributed by atoms with E-state index < -0.39 is 0 Å². The highest BCUT2D eigenvalue weighted by Gasteiger charge is 2.26. The van der Waals surface area contributed by atoms with Crippen LogP contribution in [-0.4, -0.2) is 25.7 Å². The van der Waals surface area contributed by atoms with Crippen LogP contribution in [0.1, 0.15) is 30.9 Å². The second-order valence-electron chi connectivity index (χ2n) is 5.31. The molecule has 1 aliphatic heterocycles. The summed E-state index contributed by atoms with van der Waals surface area (Å²) in [6.45, 7) is 8.39. The van der Waals surface area contributed by atoms with Crippen LogP contribution in [0.4, 0.5) is 5.69 Å². The van der Waals surface area contributed by atoms with Crippen molar-refractivity contribution in [2.24, 2.45) is 5.92 Å². The molecule has 0 spiro atoms. The van der Waals surface area contributed by atoms with Gasteiger partial charge in [0.25, 0.3) is 0 Å². The van der Waals surface area contributed by atoms with Crippen molar-refractivity contribution >= 4 is 11.7 Å². The number of piperidine rings is 1. The molecule has 1 aromatic rings. The van der Waals surface area contributed by atoms with Crippen LogP contribution in [0.25, 0.3) is 0 Å². The summed E-state index contributed by atoms with van der Waals surface area (Å²) in [6, 6.07) is 6.51. The maximum atomic E-state index is 11.8. The molecule has 1 atom stereocenters. The van der Waals surface area contributed by atoms with Crippen molar-refractivity contribution in [3.8, 4) is 0 Å². The fourth-order valence-electron chi connectivity index (χ4n) is 2.59.